The van der Waals surface area contributed by atoms with E-state index in [1.54, 1.807) is 6.92 Å². The van der Waals surface area contributed by atoms with Crippen molar-refractivity contribution in [3.05, 3.63) is 29.3 Å². The van der Waals surface area contributed by atoms with E-state index in [0.717, 1.165) is 23.3 Å². The smallest absolute Gasteiger partial charge is 0.296 e. The van der Waals surface area contributed by atoms with Crippen LogP contribution in [0, 0.1) is 19.3 Å². The van der Waals surface area contributed by atoms with Gasteiger partial charge >= 0.3 is 13.8 Å². The van der Waals surface area contributed by atoms with Crippen molar-refractivity contribution in [3.8, 4) is 0 Å². The van der Waals surface area contributed by atoms with E-state index in [1.807, 2.05) is 52.1 Å². The molecule has 0 saturated carbocycles. The zero-order valence-corrected chi connectivity index (χ0v) is 20.3. The molecular weight excluding hydrogens is 433 g/mol. The highest BCUT2D eigenvalue weighted by Gasteiger charge is 2.44. The molecule has 0 aromatic heterocycles. The molecule has 0 bridgehead atoms. The van der Waals surface area contributed by atoms with Gasteiger partial charge < -0.3 is 0 Å². The Morgan fingerprint density at radius 2 is 1.86 bits per heavy atom. The fourth-order valence-corrected chi connectivity index (χ4v) is 5.46. The molecule has 0 spiro atoms. The first kappa shape index (κ1) is 24.1. The van der Waals surface area contributed by atoms with Crippen molar-refractivity contribution in [2.75, 3.05) is 30.6 Å². The number of amides is 1. The highest BCUT2D eigenvalue weighted by Crippen LogP contribution is 2.61. The summed E-state index contributed by atoms with van der Waals surface area (Å²) >= 11 is 2.25. The summed E-state index contributed by atoms with van der Waals surface area (Å²) in [4.78, 5) is 17.2. The number of anilines is 1. The molecule has 0 radical (unpaired) electrons. The van der Waals surface area contributed by atoms with Crippen LogP contribution >= 0.6 is 31.6 Å². The van der Waals surface area contributed by atoms with E-state index in [0.29, 0.717) is 10.7 Å². The van der Waals surface area contributed by atoms with Crippen molar-refractivity contribution >= 4 is 48.5 Å². The first-order chi connectivity index (χ1) is 13.5. The molecule has 0 unspecified atom stereocenters. The van der Waals surface area contributed by atoms with Crippen LogP contribution in [-0.2, 0) is 18.5 Å². The molecule has 1 aliphatic heterocycles. The van der Waals surface area contributed by atoms with Gasteiger partial charge in [-0.15, -0.1) is 11.8 Å². The molecule has 2 rings (SSSR count). The Morgan fingerprint density at radius 1 is 1.24 bits per heavy atom. The standard InChI is InChI=1S/C18H28N3O5PS2/c1-13-8-9-16(10-14(13)2)21(27(23)24-11-18(4,5)12-25-27)29-20(6)17(22)26-19-15(3)28-7/h8-10H,11-12H2,1-7H3. The third kappa shape index (κ3) is 6.39. The van der Waals surface area contributed by atoms with Crippen LogP contribution in [0.15, 0.2) is 23.4 Å². The summed E-state index contributed by atoms with van der Waals surface area (Å²) in [5, 5.41) is 4.35. The predicted octanol–water partition coefficient (Wildman–Crippen LogP) is 5.62. The van der Waals surface area contributed by atoms with Crippen LogP contribution in [0.25, 0.3) is 0 Å². The van der Waals surface area contributed by atoms with E-state index in [-0.39, 0.29) is 18.6 Å². The minimum Gasteiger partial charge on any atom is -0.296 e. The lowest BCUT2D eigenvalue weighted by Gasteiger charge is -2.39. The van der Waals surface area contributed by atoms with Crippen LogP contribution in [0.3, 0.4) is 0 Å². The Kier molecular flexibility index (Phi) is 8.09. The van der Waals surface area contributed by atoms with Gasteiger partial charge in [-0.25, -0.2) is 17.7 Å². The lowest BCUT2D eigenvalue weighted by molar-refractivity contribution is 0.0422. The SMILES string of the molecule is CSC(C)=NOC(=O)N(C)SN(c1ccc(C)c(C)c1)P1(=O)OCC(C)(C)CO1. The van der Waals surface area contributed by atoms with E-state index in [9.17, 15) is 9.36 Å². The van der Waals surface area contributed by atoms with Crippen molar-refractivity contribution < 1.29 is 23.2 Å². The molecule has 1 saturated heterocycles. The van der Waals surface area contributed by atoms with Crippen molar-refractivity contribution in [3.63, 3.8) is 0 Å². The van der Waals surface area contributed by atoms with Gasteiger partial charge in [-0.3, -0.25) is 13.9 Å². The number of aryl methyl sites for hydroxylation is 2. The predicted molar refractivity (Wildman–Crippen MR) is 120 cm³/mol. The Morgan fingerprint density at radius 3 is 2.41 bits per heavy atom. The van der Waals surface area contributed by atoms with Gasteiger partial charge in [-0.2, -0.15) is 0 Å². The molecule has 11 heteroatoms. The molecule has 1 fully saturated rings. The van der Waals surface area contributed by atoms with E-state index in [4.69, 9.17) is 13.9 Å². The maximum Gasteiger partial charge on any atom is 0.447 e. The maximum atomic E-state index is 13.5. The summed E-state index contributed by atoms with van der Waals surface area (Å²) in [5.41, 5.74) is 2.47. The number of benzene rings is 1. The van der Waals surface area contributed by atoms with Gasteiger partial charge in [0.1, 0.15) is 5.04 Å². The van der Waals surface area contributed by atoms with Crippen LogP contribution in [0.4, 0.5) is 10.5 Å². The second-order valence-electron chi connectivity index (χ2n) is 7.47. The molecule has 1 amide bonds. The minimum absolute atomic E-state index is 0.248. The number of oxime groups is 1. The van der Waals surface area contributed by atoms with Gasteiger partial charge in [-0.05, 0) is 50.3 Å². The maximum absolute atomic E-state index is 13.5. The third-order valence-electron chi connectivity index (χ3n) is 4.18. The van der Waals surface area contributed by atoms with Crippen molar-refractivity contribution in [2.45, 2.75) is 34.6 Å². The van der Waals surface area contributed by atoms with E-state index >= 15 is 0 Å². The second-order valence-corrected chi connectivity index (χ2v) is 11.7. The Labute approximate surface area is 181 Å². The van der Waals surface area contributed by atoms with Crippen LogP contribution in [-0.4, -0.2) is 42.0 Å². The van der Waals surface area contributed by atoms with E-state index in [2.05, 4.69) is 5.16 Å². The number of hydrogen-bond acceptors (Lipinski definition) is 8. The molecule has 29 heavy (non-hydrogen) atoms. The minimum atomic E-state index is -3.69. The second kappa shape index (κ2) is 9.75. The number of thioether (sulfide) groups is 1. The highest BCUT2D eigenvalue weighted by molar-refractivity contribution is 8.13. The number of carbonyl (C=O) groups excluding carboxylic acids is 1. The van der Waals surface area contributed by atoms with E-state index < -0.39 is 13.8 Å². The molecule has 0 atom stereocenters. The largest absolute Gasteiger partial charge is 0.447 e. The Bertz CT molecular complexity index is 820. The van der Waals surface area contributed by atoms with Crippen molar-refractivity contribution in [1.82, 2.24) is 4.31 Å². The molecule has 0 aliphatic carbocycles. The normalized spacial score (nSPS) is 18.2. The summed E-state index contributed by atoms with van der Waals surface area (Å²) in [6.45, 7) is 10.2. The molecule has 1 aromatic carbocycles. The van der Waals surface area contributed by atoms with Gasteiger partial charge in [0, 0.05) is 12.5 Å². The number of hydrogen-bond donors (Lipinski definition) is 0. The Hall–Kier alpha value is -1.19. The number of nitrogens with zero attached hydrogens (tertiary/aromatic N) is 3. The fraction of sp³-hybridized carbons (Fsp3) is 0.556. The molecule has 1 heterocycles. The molecule has 8 nitrogen and oxygen atoms in total. The summed E-state index contributed by atoms with van der Waals surface area (Å²) in [6, 6.07) is 5.61. The van der Waals surface area contributed by atoms with Crippen molar-refractivity contribution in [2.24, 2.45) is 10.6 Å². The average molecular weight is 462 g/mol. The van der Waals surface area contributed by atoms with Gasteiger partial charge in [-0.1, -0.05) is 25.1 Å². The quantitative estimate of drug-likeness (QED) is 0.140. The fourth-order valence-electron chi connectivity index (χ4n) is 2.12. The third-order valence-corrected chi connectivity index (χ3v) is 8.01. The van der Waals surface area contributed by atoms with Crippen LogP contribution in [0.5, 0.6) is 0 Å². The van der Waals surface area contributed by atoms with Gasteiger partial charge in [0.15, 0.2) is 0 Å². The first-order valence-corrected chi connectivity index (χ1v) is 12.4. The number of carbonyl (C=O) groups is 1. The summed E-state index contributed by atoms with van der Waals surface area (Å²) < 4.78 is 27.5. The summed E-state index contributed by atoms with van der Waals surface area (Å²) in [5.74, 6) is 0. The summed E-state index contributed by atoms with van der Waals surface area (Å²) in [7, 11) is -2.19. The van der Waals surface area contributed by atoms with Gasteiger partial charge in [0.2, 0.25) is 0 Å². The molecule has 1 aliphatic rings. The first-order valence-electron chi connectivity index (χ1n) is 8.96. The van der Waals surface area contributed by atoms with Gasteiger partial charge in [0.05, 0.1) is 31.0 Å². The zero-order chi connectivity index (χ0) is 21.8. The van der Waals surface area contributed by atoms with Crippen molar-refractivity contribution in [1.29, 1.82) is 0 Å². The highest BCUT2D eigenvalue weighted by atomic mass is 32.2. The average Bonchev–Trinajstić information content (AvgIpc) is 2.68. The van der Waals surface area contributed by atoms with E-state index in [1.165, 1.54) is 27.2 Å². The molecule has 0 N–H and O–H groups in total. The summed E-state index contributed by atoms with van der Waals surface area (Å²) in [6.07, 6.45) is 1.12. The van der Waals surface area contributed by atoms with Crippen LogP contribution in [0.2, 0.25) is 0 Å². The van der Waals surface area contributed by atoms with Crippen LogP contribution < -0.4 is 4.08 Å². The molecule has 1 aromatic rings. The zero-order valence-electron chi connectivity index (χ0n) is 17.8. The lowest BCUT2D eigenvalue weighted by atomic mass is 9.97. The molecule has 162 valence electrons. The Balaban J connectivity index is 2.29. The van der Waals surface area contributed by atoms with Crippen LogP contribution in [0.1, 0.15) is 31.9 Å². The molecular formula is C18H28N3O5PS2. The monoisotopic (exact) mass is 461 g/mol. The number of rotatable bonds is 5. The topological polar surface area (TPSA) is 80.7 Å². The lowest BCUT2D eigenvalue weighted by Crippen LogP contribution is -2.34. The van der Waals surface area contributed by atoms with Gasteiger partial charge in [0.25, 0.3) is 0 Å².